The van der Waals surface area contributed by atoms with Crippen molar-refractivity contribution < 1.29 is 19.7 Å². The SMILES string of the molecule is CCCCC/C=C/C/C=C/CCCCCCCc1cc(O)cc(O)c1OC(C)=O. The predicted molar refractivity (Wildman–Crippen MR) is 120 cm³/mol. The molecule has 4 nitrogen and oxygen atoms in total. The van der Waals surface area contributed by atoms with Crippen LogP contribution >= 0.6 is 0 Å². The minimum atomic E-state index is -0.479. The number of aromatic hydroxyl groups is 2. The quantitative estimate of drug-likeness (QED) is 0.144. The minimum Gasteiger partial charge on any atom is -0.508 e. The first-order chi connectivity index (χ1) is 14.0. The van der Waals surface area contributed by atoms with Gasteiger partial charge in [-0.15, -0.1) is 0 Å². The van der Waals surface area contributed by atoms with E-state index >= 15 is 0 Å². The standard InChI is InChI=1S/C25H38O4/c1-3-4-5-6-7-8-9-10-11-12-13-14-15-16-17-18-22-19-23(27)20-24(28)25(22)29-21(2)26/h7-8,10-11,19-20,27-28H,3-6,9,12-18H2,1-2H3/b8-7+,11-10+. The van der Waals surface area contributed by atoms with Gasteiger partial charge in [-0.2, -0.15) is 0 Å². The number of phenolic OH excluding ortho intramolecular Hbond substituents is 2. The number of aryl methyl sites for hydroxylation is 1. The van der Waals surface area contributed by atoms with Gasteiger partial charge in [-0.3, -0.25) is 4.79 Å². The van der Waals surface area contributed by atoms with E-state index in [0.29, 0.717) is 12.0 Å². The van der Waals surface area contributed by atoms with Crippen molar-refractivity contribution in [2.45, 2.75) is 90.9 Å². The summed E-state index contributed by atoms with van der Waals surface area (Å²) < 4.78 is 5.09. The van der Waals surface area contributed by atoms with Crippen molar-refractivity contribution in [1.82, 2.24) is 0 Å². The number of benzene rings is 1. The lowest BCUT2D eigenvalue weighted by molar-refractivity contribution is -0.132. The fraction of sp³-hybridized carbons (Fsp3) is 0.560. The Bertz CT molecular complexity index is 646. The highest BCUT2D eigenvalue weighted by Gasteiger charge is 2.13. The van der Waals surface area contributed by atoms with Crippen molar-refractivity contribution in [3.8, 4) is 17.2 Å². The molecule has 1 rings (SSSR count). The van der Waals surface area contributed by atoms with Crippen LogP contribution in [0.1, 0.15) is 90.0 Å². The Balaban J connectivity index is 2.14. The Labute approximate surface area is 176 Å². The molecule has 0 atom stereocenters. The first kappa shape index (κ1) is 24.8. The number of hydrogen-bond donors (Lipinski definition) is 2. The lowest BCUT2D eigenvalue weighted by Crippen LogP contribution is -2.04. The molecule has 0 amide bonds. The van der Waals surface area contributed by atoms with Crippen molar-refractivity contribution in [2.75, 3.05) is 0 Å². The highest BCUT2D eigenvalue weighted by atomic mass is 16.5. The molecule has 0 aliphatic heterocycles. The third kappa shape index (κ3) is 12.0. The molecule has 0 aliphatic rings. The smallest absolute Gasteiger partial charge is 0.308 e. The van der Waals surface area contributed by atoms with Gasteiger partial charge in [0.05, 0.1) is 0 Å². The summed E-state index contributed by atoms with van der Waals surface area (Å²) in [5.74, 6) is -0.527. The topological polar surface area (TPSA) is 66.8 Å². The van der Waals surface area contributed by atoms with Gasteiger partial charge in [0.25, 0.3) is 0 Å². The van der Waals surface area contributed by atoms with Crippen molar-refractivity contribution in [3.05, 3.63) is 42.0 Å². The van der Waals surface area contributed by atoms with Crippen LogP contribution in [0.3, 0.4) is 0 Å². The molecule has 0 spiro atoms. The van der Waals surface area contributed by atoms with Crippen LogP contribution in [0.5, 0.6) is 17.2 Å². The number of carbonyl (C=O) groups excluding carboxylic acids is 1. The molecular formula is C25H38O4. The number of carbonyl (C=O) groups is 1. The molecule has 162 valence electrons. The molecule has 0 radical (unpaired) electrons. The second-order valence-corrected chi connectivity index (χ2v) is 7.53. The fourth-order valence-electron chi connectivity index (χ4n) is 3.23. The molecule has 0 heterocycles. The van der Waals surface area contributed by atoms with Gasteiger partial charge in [0, 0.05) is 18.6 Å². The molecule has 1 aromatic rings. The summed E-state index contributed by atoms with van der Waals surface area (Å²) in [6.07, 6.45) is 22.5. The van der Waals surface area contributed by atoms with Gasteiger partial charge < -0.3 is 14.9 Å². The Morgan fingerprint density at radius 1 is 0.897 bits per heavy atom. The highest BCUT2D eigenvalue weighted by molar-refractivity contribution is 5.71. The summed E-state index contributed by atoms with van der Waals surface area (Å²) in [6.45, 7) is 3.53. The summed E-state index contributed by atoms with van der Waals surface area (Å²) >= 11 is 0. The third-order valence-electron chi connectivity index (χ3n) is 4.77. The van der Waals surface area contributed by atoms with Crippen LogP contribution in [0, 0.1) is 0 Å². The number of rotatable bonds is 15. The molecule has 0 aromatic heterocycles. The first-order valence-electron chi connectivity index (χ1n) is 11.1. The molecule has 4 heteroatoms. The van der Waals surface area contributed by atoms with Crippen LogP contribution in [0.25, 0.3) is 0 Å². The second-order valence-electron chi connectivity index (χ2n) is 7.53. The summed E-state index contributed by atoms with van der Waals surface area (Å²) in [6, 6.07) is 2.75. The molecule has 0 saturated heterocycles. The van der Waals surface area contributed by atoms with Crippen LogP contribution in [0.2, 0.25) is 0 Å². The monoisotopic (exact) mass is 402 g/mol. The summed E-state index contributed by atoms with van der Waals surface area (Å²) in [7, 11) is 0. The predicted octanol–water partition coefficient (Wildman–Crippen LogP) is 6.99. The van der Waals surface area contributed by atoms with Crippen LogP contribution in [0.15, 0.2) is 36.4 Å². The molecule has 2 N–H and O–H groups in total. The van der Waals surface area contributed by atoms with Gasteiger partial charge in [0.15, 0.2) is 11.5 Å². The average molecular weight is 403 g/mol. The Morgan fingerprint density at radius 3 is 2.17 bits per heavy atom. The van der Waals surface area contributed by atoms with Gasteiger partial charge in [-0.1, -0.05) is 63.3 Å². The van der Waals surface area contributed by atoms with Gasteiger partial charge in [0.2, 0.25) is 0 Å². The number of esters is 1. The largest absolute Gasteiger partial charge is 0.508 e. The molecule has 29 heavy (non-hydrogen) atoms. The van der Waals surface area contributed by atoms with Gasteiger partial charge in [-0.05, 0) is 51.0 Å². The molecular weight excluding hydrogens is 364 g/mol. The summed E-state index contributed by atoms with van der Waals surface area (Å²) in [5, 5.41) is 19.6. The summed E-state index contributed by atoms with van der Waals surface area (Å²) in [4.78, 5) is 11.2. The third-order valence-corrected chi connectivity index (χ3v) is 4.77. The molecule has 0 bridgehead atoms. The molecule has 0 unspecified atom stereocenters. The maximum Gasteiger partial charge on any atom is 0.308 e. The lowest BCUT2D eigenvalue weighted by atomic mass is 10.0. The van der Waals surface area contributed by atoms with E-state index in [4.69, 9.17) is 4.74 Å². The van der Waals surface area contributed by atoms with E-state index in [-0.39, 0.29) is 17.2 Å². The number of hydrogen-bond acceptors (Lipinski definition) is 4. The van der Waals surface area contributed by atoms with Gasteiger partial charge in [-0.25, -0.2) is 0 Å². The number of ether oxygens (including phenoxy) is 1. The van der Waals surface area contributed by atoms with E-state index in [1.54, 1.807) is 6.07 Å². The first-order valence-corrected chi connectivity index (χ1v) is 11.1. The van der Waals surface area contributed by atoms with Crippen LogP contribution in [-0.2, 0) is 11.2 Å². The van der Waals surface area contributed by atoms with Crippen LogP contribution in [0.4, 0.5) is 0 Å². The van der Waals surface area contributed by atoms with E-state index in [2.05, 4.69) is 31.2 Å². The maximum atomic E-state index is 11.2. The number of phenols is 2. The molecule has 0 fully saturated rings. The maximum absolute atomic E-state index is 11.2. The highest BCUT2D eigenvalue weighted by Crippen LogP contribution is 2.35. The normalized spacial score (nSPS) is 11.5. The zero-order valence-corrected chi connectivity index (χ0v) is 18.2. The van der Waals surface area contributed by atoms with Crippen molar-refractivity contribution >= 4 is 5.97 Å². The van der Waals surface area contributed by atoms with E-state index < -0.39 is 5.97 Å². The fourth-order valence-corrected chi connectivity index (χ4v) is 3.23. The van der Waals surface area contributed by atoms with Crippen LogP contribution in [-0.4, -0.2) is 16.2 Å². The number of unbranched alkanes of at least 4 members (excludes halogenated alkanes) is 8. The van der Waals surface area contributed by atoms with E-state index in [9.17, 15) is 15.0 Å². The Kier molecular flexibility index (Phi) is 13.4. The van der Waals surface area contributed by atoms with E-state index in [0.717, 1.165) is 32.1 Å². The van der Waals surface area contributed by atoms with Gasteiger partial charge >= 0.3 is 5.97 Å². The second kappa shape index (κ2) is 15.7. The van der Waals surface area contributed by atoms with E-state index in [1.807, 2.05) is 0 Å². The Hall–Kier alpha value is -2.23. The van der Waals surface area contributed by atoms with Crippen molar-refractivity contribution in [1.29, 1.82) is 0 Å². The van der Waals surface area contributed by atoms with Crippen LogP contribution < -0.4 is 4.74 Å². The van der Waals surface area contributed by atoms with Crippen molar-refractivity contribution in [2.24, 2.45) is 0 Å². The lowest BCUT2D eigenvalue weighted by Gasteiger charge is -2.11. The number of allylic oxidation sites excluding steroid dienone is 4. The molecule has 0 saturated carbocycles. The zero-order valence-electron chi connectivity index (χ0n) is 18.2. The average Bonchev–Trinajstić information content (AvgIpc) is 2.67. The van der Waals surface area contributed by atoms with Crippen molar-refractivity contribution in [3.63, 3.8) is 0 Å². The molecule has 1 aromatic carbocycles. The Morgan fingerprint density at radius 2 is 1.52 bits per heavy atom. The molecule has 0 aliphatic carbocycles. The zero-order chi connectivity index (χ0) is 21.3. The minimum absolute atomic E-state index is 0.0176. The van der Waals surface area contributed by atoms with E-state index in [1.165, 1.54) is 51.5 Å². The summed E-state index contributed by atoms with van der Waals surface area (Å²) in [5.41, 5.74) is 0.670. The van der Waals surface area contributed by atoms with Gasteiger partial charge in [0.1, 0.15) is 5.75 Å².